The lowest BCUT2D eigenvalue weighted by molar-refractivity contribution is -0.293. The third-order valence-electron chi connectivity index (χ3n) is 7.47. The number of carboxylic acids is 1. The first kappa shape index (κ1) is 39.7. The lowest BCUT2D eigenvalue weighted by Gasteiger charge is -2.40. The number of nitrogens with one attached hydrogen (secondary N) is 1. The Morgan fingerprint density at radius 2 is 1.76 bits per heavy atom. The van der Waals surface area contributed by atoms with Crippen LogP contribution < -0.4 is 10.1 Å². The molecule has 5 N–H and O–H groups in total. The third kappa shape index (κ3) is 11.4. The molecule has 2 heterocycles. The Kier molecular flexibility index (Phi) is 15.3. The van der Waals surface area contributed by atoms with Gasteiger partial charge in [-0.15, -0.1) is 5.10 Å². The Morgan fingerprint density at radius 1 is 1.04 bits per heavy atom. The zero-order valence-electron chi connectivity index (χ0n) is 26.7. The number of nitrogens with zero attached hydrogens (tertiary/aromatic N) is 3. The standard InChI is InChI=1S/C30H38Cl2N4O13/c1-15-19(29(45)49-28-26(44)25(43)21(13-37)48-30(28)46-2)10-20(31)27(24(15)32)47-14-16-12-36(35-34-16)9-3-4-17(38)5-7-22(40)33-11-18(39)6-8-23(41)42/h10,12,21,25-26,28,30,37,43-44H,3-9,11,13-14H2,1-2H3,(H,33,40)(H,41,42)/t21-,25-,26+,28-,30+/m1/s1. The van der Waals surface area contributed by atoms with Gasteiger partial charge in [-0.3, -0.25) is 23.9 Å². The maximum absolute atomic E-state index is 13.1. The van der Waals surface area contributed by atoms with E-state index in [-0.39, 0.29) is 78.0 Å². The number of amides is 1. The van der Waals surface area contributed by atoms with E-state index >= 15 is 0 Å². The highest BCUT2D eigenvalue weighted by Gasteiger charge is 2.47. The van der Waals surface area contributed by atoms with E-state index in [0.717, 1.165) is 0 Å². The largest absolute Gasteiger partial charge is 0.484 e. The number of aliphatic hydroxyl groups excluding tert-OH is 3. The van der Waals surface area contributed by atoms with Crippen molar-refractivity contribution in [3.8, 4) is 5.75 Å². The SMILES string of the molecule is CO[C@H]1O[C@H](CO)[C@@H](O)[C@H](O)[C@H]1OC(=O)c1cc(Cl)c(OCc2cn(CCCC(=O)CCC(=O)NCC(=O)CCC(=O)O)nn2)c(Cl)c1C. The van der Waals surface area contributed by atoms with Crippen LogP contribution in [0.15, 0.2) is 12.3 Å². The van der Waals surface area contributed by atoms with Crippen molar-refractivity contribution in [3.05, 3.63) is 39.1 Å². The number of carbonyl (C=O) groups excluding carboxylic acids is 4. The van der Waals surface area contributed by atoms with Crippen molar-refractivity contribution in [3.63, 3.8) is 0 Å². The van der Waals surface area contributed by atoms with Gasteiger partial charge >= 0.3 is 11.9 Å². The molecule has 17 nitrogen and oxygen atoms in total. The van der Waals surface area contributed by atoms with Crippen molar-refractivity contribution in [2.24, 2.45) is 0 Å². The number of benzene rings is 1. The summed E-state index contributed by atoms with van der Waals surface area (Å²) in [5.74, 6) is -3.03. The molecule has 1 aliphatic heterocycles. The first-order chi connectivity index (χ1) is 23.2. The number of halogens is 2. The molecular formula is C30H38Cl2N4O13. The summed E-state index contributed by atoms with van der Waals surface area (Å²) in [4.78, 5) is 59.1. The van der Waals surface area contributed by atoms with Gasteiger partial charge in [-0.2, -0.15) is 0 Å². The fraction of sp³-hybridized carbons (Fsp3) is 0.567. The smallest absolute Gasteiger partial charge is 0.339 e. The number of aliphatic hydroxyl groups is 3. The number of hydrogen-bond donors (Lipinski definition) is 5. The summed E-state index contributed by atoms with van der Waals surface area (Å²) in [5.41, 5.74) is 0.605. The maximum Gasteiger partial charge on any atom is 0.339 e. The third-order valence-corrected chi connectivity index (χ3v) is 8.20. The van der Waals surface area contributed by atoms with Crippen LogP contribution in [0.4, 0.5) is 0 Å². The van der Waals surface area contributed by atoms with Gasteiger partial charge in [0.05, 0.1) is 41.4 Å². The van der Waals surface area contributed by atoms with E-state index in [9.17, 15) is 39.3 Å². The topological polar surface area (TPSA) is 246 Å². The van der Waals surface area contributed by atoms with E-state index in [0.29, 0.717) is 18.7 Å². The van der Waals surface area contributed by atoms with Gasteiger partial charge < -0.3 is 44.7 Å². The van der Waals surface area contributed by atoms with E-state index in [1.54, 1.807) is 6.20 Å². The minimum Gasteiger partial charge on any atom is -0.484 e. The number of hydrogen-bond acceptors (Lipinski definition) is 14. The number of ketones is 2. The molecule has 0 bridgehead atoms. The number of carboxylic acid groups (broad SMARTS) is 1. The van der Waals surface area contributed by atoms with Gasteiger partial charge in [0.25, 0.3) is 0 Å². The first-order valence-electron chi connectivity index (χ1n) is 15.1. The Bertz CT molecular complexity index is 1500. The Labute approximate surface area is 290 Å². The monoisotopic (exact) mass is 732 g/mol. The molecule has 5 atom stereocenters. The molecule has 19 heteroatoms. The van der Waals surface area contributed by atoms with Crippen molar-refractivity contribution in [2.45, 2.75) is 89.3 Å². The molecule has 1 saturated heterocycles. The average Bonchev–Trinajstić information content (AvgIpc) is 3.53. The molecule has 1 fully saturated rings. The van der Waals surface area contributed by atoms with Crippen LogP contribution in [0.3, 0.4) is 0 Å². The van der Waals surface area contributed by atoms with Gasteiger partial charge in [0, 0.05) is 39.3 Å². The molecule has 1 aromatic carbocycles. The van der Waals surface area contributed by atoms with Crippen molar-refractivity contribution < 1.29 is 63.3 Å². The molecule has 1 aromatic heterocycles. The second kappa shape index (κ2) is 18.9. The van der Waals surface area contributed by atoms with Crippen LogP contribution in [0.1, 0.15) is 60.1 Å². The predicted molar refractivity (Wildman–Crippen MR) is 168 cm³/mol. The number of Topliss-reactive ketones (excluding diaryl/α,β-unsaturated/α-hetero) is 2. The van der Waals surface area contributed by atoms with Crippen molar-refractivity contribution in [1.82, 2.24) is 20.3 Å². The fourth-order valence-electron chi connectivity index (χ4n) is 4.69. The van der Waals surface area contributed by atoms with Gasteiger partial charge in [-0.05, 0) is 25.0 Å². The van der Waals surface area contributed by atoms with Gasteiger partial charge in [0.1, 0.15) is 36.4 Å². The van der Waals surface area contributed by atoms with Crippen LogP contribution in [0.5, 0.6) is 5.75 Å². The molecule has 49 heavy (non-hydrogen) atoms. The summed E-state index contributed by atoms with van der Waals surface area (Å²) < 4.78 is 23.2. The predicted octanol–water partition coefficient (Wildman–Crippen LogP) is 0.763. The maximum atomic E-state index is 13.1. The summed E-state index contributed by atoms with van der Waals surface area (Å²) in [6.07, 6.45) is -5.42. The van der Waals surface area contributed by atoms with Crippen LogP contribution in [0, 0.1) is 6.92 Å². The summed E-state index contributed by atoms with van der Waals surface area (Å²) in [7, 11) is 1.24. The van der Waals surface area contributed by atoms with Gasteiger partial charge in [-0.25, -0.2) is 4.79 Å². The molecule has 0 spiro atoms. The Balaban J connectivity index is 1.47. The quantitative estimate of drug-likeness (QED) is 0.125. The lowest BCUT2D eigenvalue weighted by Crippen LogP contribution is -2.60. The molecule has 0 saturated carbocycles. The van der Waals surface area contributed by atoms with E-state index in [1.165, 1.54) is 24.8 Å². The molecule has 0 aliphatic carbocycles. The number of rotatable bonds is 19. The van der Waals surface area contributed by atoms with Crippen LogP contribution in [0.25, 0.3) is 0 Å². The number of esters is 1. The highest BCUT2D eigenvalue weighted by molar-refractivity contribution is 6.38. The second-order valence-electron chi connectivity index (χ2n) is 11.1. The second-order valence-corrected chi connectivity index (χ2v) is 11.9. The van der Waals surface area contributed by atoms with Crippen LogP contribution >= 0.6 is 23.2 Å². The molecule has 1 aliphatic rings. The molecule has 270 valence electrons. The van der Waals surface area contributed by atoms with E-state index in [1.807, 2.05) is 0 Å². The van der Waals surface area contributed by atoms with Crippen LogP contribution in [-0.2, 0) is 46.5 Å². The van der Waals surface area contributed by atoms with E-state index in [4.69, 9.17) is 47.3 Å². The number of ether oxygens (including phenoxy) is 4. The zero-order valence-corrected chi connectivity index (χ0v) is 28.2. The van der Waals surface area contributed by atoms with E-state index in [2.05, 4.69) is 15.6 Å². The minimum absolute atomic E-state index is 0.00735. The molecule has 0 radical (unpaired) electrons. The highest BCUT2D eigenvalue weighted by Crippen LogP contribution is 2.38. The first-order valence-corrected chi connectivity index (χ1v) is 15.9. The summed E-state index contributed by atoms with van der Waals surface area (Å²) in [5, 5.41) is 49.0. The molecule has 1 amide bonds. The summed E-state index contributed by atoms with van der Waals surface area (Å²) in [6.45, 7) is 0.896. The molecule has 3 rings (SSSR count). The zero-order chi connectivity index (χ0) is 36.2. The van der Waals surface area contributed by atoms with Gasteiger partial charge in [0.15, 0.2) is 23.9 Å². The minimum atomic E-state index is -1.62. The Hall–Kier alpha value is -3.71. The number of aromatic nitrogens is 3. The number of aryl methyl sites for hydroxylation is 1. The van der Waals surface area contributed by atoms with Crippen LogP contribution in [-0.4, -0.2) is 116 Å². The number of carbonyl (C=O) groups is 5. The van der Waals surface area contributed by atoms with Gasteiger partial charge in [-0.1, -0.05) is 28.4 Å². The van der Waals surface area contributed by atoms with Crippen molar-refractivity contribution >= 4 is 52.6 Å². The van der Waals surface area contributed by atoms with Crippen LogP contribution in [0.2, 0.25) is 10.0 Å². The summed E-state index contributed by atoms with van der Waals surface area (Å²) >= 11 is 12.9. The van der Waals surface area contributed by atoms with Gasteiger partial charge in [0.2, 0.25) is 5.91 Å². The number of methoxy groups -OCH3 is 1. The fourth-order valence-corrected chi connectivity index (χ4v) is 5.26. The Morgan fingerprint density at radius 3 is 2.43 bits per heavy atom. The van der Waals surface area contributed by atoms with Crippen molar-refractivity contribution in [2.75, 3.05) is 20.3 Å². The number of aliphatic carboxylic acids is 1. The highest BCUT2D eigenvalue weighted by atomic mass is 35.5. The average molecular weight is 734 g/mol. The lowest BCUT2D eigenvalue weighted by atomic mass is 9.99. The molecule has 0 unspecified atom stereocenters. The van der Waals surface area contributed by atoms with Crippen molar-refractivity contribution in [1.29, 1.82) is 0 Å². The summed E-state index contributed by atoms with van der Waals surface area (Å²) in [6, 6.07) is 1.27. The van der Waals surface area contributed by atoms with E-state index < -0.39 is 60.9 Å². The molecule has 2 aromatic rings. The molecular weight excluding hydrogens is 695 g/mol. The normalized spacial score (nSPS) is 20.4.